The van der Waals surface area contributed by atoms with Gasteiger partial charge in [-0.15, -0.1) is 12.4 Å². The fourth-order valence-electron chi connectivity index (χ4n) is 2.16. The van der Waals surface area contributed by atoms with Crippen molar-refractivity contribution in [1.29, 1.82) is 0 Å². The average molecular weight is 369 g/mol. The molecular weight excluding hydrogens is 347 g/mol. The van der Waals surface area contributed by atoms with Crippen LogP contribution < -0.4 is 15.8 Å². The highest BCUT2D eigenvalue weighted by molar-refractivity contribution is 6.31. The van der Waals surface area contributed by atoms with Crippen LogP contribution in [0, 0.1) is 0 Å². The molecule has 0 aliphatic rings. The number of benzene rings is 2. The summed E-state index contributed by atoms with van der Waals surface area (Å²) < 4.78 is 5.63. The first kappa shape index (κ1) is 20.1. The average Bonchev–Trinajstić information content (AvgIpc) is 2.53. The van der Waals surface area contributed by atoms with E-state index in [2.05, 4.69) is 5.32 Å². The molecule has 6 heteroatoms. The Morgan fingerprint density at radius 1 is 1.25 bits per heavy atom. The van der Waals surface area contributed by atoms with Crippen molar-refractivity contribution in [3.05, 3.63) is 53.1 Å². The lowest BCUT2D eigenvalue weighted by molar-refractivity contribution is -0.116. The molecule has 0 saturated carbocycles. The molecule has 130 valence electrons. The molecule has 0 aromatic heterocycles. The summed E-state index contributed by atoms with van der Waals surface area (Å²) in [4.78, 5) is 12.2. The van der Waals surface area contributed by atoms with Crippen LogP contribution in [0.5, 0.6) is 5.75 Å². The van der Waals surface area contributed by atoms with E-state index in [4.69, 9.17) is 22.1 Å². The number of nitrogen functional groups attached to an aromatic ring is 1. The maximum Gasteiger partial charge on any atom is 0.224 e. The number of halogens is 2. The molecule has 0 atom stereocenters. The second-order valence-corrected chi connectivity index (χ2v) is 5.67. The Bertz CT molecular complexity index is 678. The smallest absolute Gasteiger partial charge is 0.224 e. The zero-order valence-electron chi connectivity index (χ0n) is 13.5. The van der Waals surface area contributed by atoms with Crippen molar-refractivity contribution in [1.82, 2.24) is 0 Å². The Morgan fingerprint density at radius 2 is 2.00 bits per heavy atom. The summed E-state index contributed by atoms with van der Waals surface area (Å²) in [5, 5.41) is 3.41. The fraction of sp³-hybridized carbons (Fsp3) is 0.278. The van der Waals surface area contributed by atoms with Gasteiger partial charge >= 0.3 is 0 Å². The molecule has 0 spiro atoms. The predicted octanol–water partition coefficient (Wildman–Crippen LogP) is 4.70. The van der Waals surface area contributed by atoms with Gasteiger partial charge in [-0.3, -0.25) is 4.79 Å². The topological polar surface area (TPSA) is 64.3 Å². The monoisotopic (exact) mass is 368 g/mol. The Hall–Kier alpha value is -1.91. The molecule has 3 N–H and O–H groups in total. The molecule has 4 nitrogen and oxygen atoms in total. The van der Waals surface area contributed by atoms with Crippen LogP contribution in [0.1, 0.15) is 25.3 Å². The standard InChI is InChI=1S/C18H21ClN2O2.ClH/c1-2-11-23-17-9-8-14(19)12-16(17)21-18(22)10-7-13-5-3-4-6-15(13)20;/h3-6,8-9,12H,2,7,10-11,20H2,1H3,(H,21,22);1H. The first-order valence-electron chi connectivity index (χ1n) is 7.65. The molecule has 1 amide bonds. The molecular formula is C18H22Cl2N2O2. The third kappa shape index (κ3) is 5.95. The Labute approximate surface area is 153 Å². The van der Waals surface area contributed by atoms with Gasteiger partial charge in [-0.05, 0) is 42.7 Å². The van der Waals surface area contributed by atoms with E-state index in [-0.39, 0.29) is 18.3 Å². The number of anilines is 2. The molecule has 0 heterocycles. The number of carbonyl (C=O) groups excluding carboxylic acids is 1. The van der Waals surface area contributed by atoms with Crippen LogP contribution in [0.3, 0.4) is 0 Å². The number of aryl methyl sites for hydroxylation is 1. The van der Waals surface area contributed by atoms with E-state index >= 15 is 0 Å². The number of nitrogens with one attached hydrogen (secondary N) is 1. The quantitative estimate of drug-likeness (QED) is 0.695. The molecule has 0 fully saturated rings. The molecule has 0 bridgehead atoms. The van der Waals surface area contributed by atoms with Crippen LogP contribution in [-0.4, -0.2) is 12.5 Å². The maximum atomic E-state index is 12.2. The van der Waals surface area contributed by atoms with Crippen LogP contribution in [0.4, 0.5) is 11.4 Å². The van der Waals surface area contributed by atoms with Crippen molar-refractivity contribution in [3.63, 3.8) is 0 Å². The van der Waals surface area contributed by atoms with Crippen LogP contribution >= 0.6 is 24.0 Å². The lowest BCUT2D eigenvalue weighted by Crippen LogP contribution is -2.14. The van der Waals surface area contributed by atoms with E-state index in [1.807, 2.05) is 31.2 Å². The molecule has 2 aromatic rings. The number of nitrogens with two attached hydrogens (primary N) is 1. The Kier molecular flexibility index (Phi) is 8.44. The van der Waals surface area contributed by atoms with Gasteiger partial charge < -0.3 is 15.8 Å². The van der Waals surface area contributed by atoms with Gasteiger partial charge in [0, 0.05) is 17.1 Å². The van der Waals surface area contributed by atoms with Crippen LogP contribution in [0.2, 0.25) is 5.02 Å². The zero-order chi connectivity index (χ0) is 16.7. The van der Waals surface area contributed by atoms with Crippen LogP contribution in [0.15, 0.2) is 42.5 Å². The third-order valence-corrected chi connectivity index (χ3v) is 3.59. The minimum Gasteiger partial charge on any atom is -0.491 e. The summed E-state index contributed by atoms with van der Waals surface area (Å²) in [6.45, 7) is 2.61. The van der Waals surface area contributed by atoms with Crippen molar-refractivity contribution < 1.29 is 9.53 Å². The summed E-state index contributed by atoms with van der Waals surface area (Å²) in [7, 11) is 0. The van der Waals surface area contributed by atoms with Crippen molar-refractivity contribution in [2.24, 2.45) is 0 Å². The molecule has 2 rings (SSSR count). The normalized spacial score (nSPS) is 9.92. The van der Waals surface area contributed by atoms with Crippen LogP contribution in [0.25, 0.3) is 0 Å². The summed E-state index contributed by atoms with van der Waals surface area (Å²) in [6.07, 6.45) is 1.82. The zero-order valence-corrected chi connectivity index (χ0v) is 15.1. The number of amides is 1. The van der Waals surface area contributed by atoms with Gasteiger partial charge in [0.25, 0.3) is 0 Å². The number of para-hydroxylation sites is 1. The van der Waals surface area contributed by atoms with Gasteiger partial charge in [0.15, 0.2) is 0 Å². The number of hydrogen-bond donors (Lipinski definition) is 2. The first-order valence-corrected chi connectivity index (χ1v) is 8.03. The van der Waals surface area contributed by atoms with Crippen LogP contribution in [-0.2, 0) is 11.2 Å². The lowest BCUT2D eigenvalue weighted by atomic mass is 10.1. The number of rotatable bonds is 7. The molecule has 0 aliphatic heterocycles. The van der Waals surface area contributed by atoms with Gasteiger partial charge in [-0.25, -0.2) is 0 Å². The summed E-state index contributed by atoms with van der Waals surface area (Å²) >= 11 is 6.00. The van der Waals surface area contributed by atoms with E-state index in [1.54, 1.807) is 18.2 Å². The van der Waals surface area contributed by atoms with Crippen molar-refractivity contribution in [2.45, 2.75) is 26.2 Å². The number of carbonyl (C=O) groups is 1. The minimum absolute atomic E-state index is 0. The van der Waals surface area contributed by atoms with Crippen molar-refractivity contribution >= 4 is 41.3 Å². The Morgan fingerprint density at radius 3 is 2.71 bits per heavy atom. The summed E-state index contributed by atoms with van der Waals surface area (Å²) in [6, 6.07) is 12.8. The highest BCUT2D eigenvalue weighted by Gasteiger charge is 2.10. The largest absolute Gasteiger partial charge is 0.491 e. The van der Waals surface area contributed by atoms with E-state index in [1.165, 1.54) is 0 Å². The van der Waals surface area contributed by atoms with Gasteiger partial charge in [-0.2, -0.15) is 0 Å². The molecule has 24 heavy (non-hydrogen) atoms. The van der Waals surface area contributed by atoms with E-state index in [0.717, 1.165) is 12.0 Å². The van der Waals surface area contributed by atoms with E-state index in [9.17, 15) is 4.79 Å². The molecule has 2 aromatic carbocycles. The highest BCUT2D eigenvalue weighted by atomic mass is 35.5. The first-order chi connectivity index (χ1) is 11.1. The maximum absolute atomic E-state index is 12.2. The number of ether oxygens (including phenoxy) is 1. The van der Waals surface area contributed by atoms with E-state index in [0.29, 0.717) is 41.6 Å². The molecule has 0 saturated heterocycles. The predicted molar refractivity (Wildman–Crippen MR) is 102 cm³/mol. The molecule has 0 unspecified atom stereocenters. The molecule has 0 radical (unpaired) electrons. The number of hydrogen-bond acceptors (Lipinski definition) is 3. The summed E-state index contributed by atoms with van der Waals surface area (Å²) in [5.74, 6) is 0.528. The van der Waals surface area contributed by atoms with Crippen molar-refractivity contribution in [2.75, 3.05) is 17.7 Å². The minimum atomic E-state index is -0.100. The highest BCUT2D eigenvalue weighted by Crippen LogP contribution is 2.28. The van der Waals surface area contributed by atoms with Gasteiger partial charge in [-0.1, -0.05) is 36.7 Å². The SMILES string of the molecule is CCCOc1ccc(Cl)cc1NC(=O)CCc1ccccc1N.Cl. The molecule has 0 aliphatic carbocycles. The van der Waals surface area contributed by atoms with E-state index < -0.39 is 0 Å². The fourth-order valence-corrected chi connectivity index (χ4v) is 2.33. The van der Waals surface area contributed by atoms with Gasteiger partial charge in [0.1, 0.15) is 5.75 Å². The summed E-state index contributed by atoms with van der Waals surface area (Å²) in [5.41, 5.74) is 8.16. The van der Waals surface area contributed by atoms with Crippen molar-refractivity contribution in [3.8, 4) is 5.75 Å². The van der Waals surface area contributed by atoms with Gasteiger partial charge in [0.2, 0.25) is 5.91 Å². The third-order valence-electron chi connectivity index (χ3n) is 3.35. The second kappa shape index (κ2) is 10.1. The Balaban J connectivity index is 0.00000288. The lowest BCUT2D eigenvalue weighted by Gasteiger charge is -2.13. The van der Waals surface area contributed by atoms with Gasteiger partial charge in [0.05, 0.1) is 12.3 Å². The second-order valence-electron chi connectivity index (χ2n) is 5.24.